The van der Waals surface area contributed by atoms with Crippen molar-refractivity contribution < 1.29 is 9.53 Å². The maximum Gasteiger partial charge on any atom is 0.258 e. The van der Waals surface area contributed by atoms with Crippen molar-refractivity contribution in [1.29, 1.82) is 0 Å². The van der Waals surface area contributed by atoms with Crippen molar-refractivity contribution in [2.75, 3.05) is 27.2 Å². The number of carbonyl (C=O) groups is 1. The molecule has 22 heavy (non-hydrogen) atoms. The normalized spacial score (nSPS) is 12.2. The Labute approximate surface area is 135 Å². The molecule has 2 aromatic rings. The molecule has 2 rings (SSSR count). The lowest BCUT2D eigenvalue weighted by atomic mass is 10.1. The number of hydrogen-bond donors (Lipinski definition) is 1. The summed E-state index contributed by atoms with van der Waals surface area (Å²) in [4.78, 5) is 14.0. The average Bonchev–Trinajstić information content (AvgIpc) is 2.99. The molecule has 1 N–H and O–H groups in total. The number of aryl methyl sites for hydroxylation is 1. The van der Waals surface area contributed by atoms with E-state index >= 15 is 0 Å². The molecule has 1 atom stereocenters. The van der Waals surface area contributed by atoms with Crippen LogP contribution in [-0.4, -0.2) is 38.1 Å². The van der Waals surface area contributed by atoms with Crippen molar-refractivity contribution in [2.45, 2.75) is 13.0 Å². The molecule has 1 amide bonds. The van der Waals surface area contributed by atoms with Gasteiger partial charge in [-0.25, -0.2) is 0 Å². The highest BCUT2D eigenvalue weighted by Gasteiger charge is 2.15. The first kappa shape index (κ1) is 16.5. The zero-order chi connectivity index (χ0) is 15.9. The third-order valence-corrected chi connectivity index (χ3v) is 4.10. The van der Waals surface area contributed by atoms with Crippen molar-refractivity contribution in [3.05, 3.63) is 52.2 Å². The van der Waals surface area contributed by atoms with Gasteiger partial charge in [0, 0.05) is 6.54 Å². The molecule has 0 aliphatic carbocycles. The lowest BCUT2D eigenvalue weighted by Gasteiger charge is -2.24. The van der Waals surface area contributed by atoms with Gasteiger partial charge in [0.1, 0.15) is 5.75 Å². The van der Waals surface area contributed by atoms with Crippen molar-refractivity contribution in [3.63, 3.8) is 0 Å². The van der Waals surface area contributed by atoms with Crippen LogP contribution >= 0.6 is 11.3 Å². The van der Waals surface area contributed by atoms with Gasteiger partial charge in [0.25, 0.3) is 5.91 Å². The van der Waals surface area contributed by atoms with Crippen LogP contribution in [0.15, 0.2) is 41.1 Å². The molecule has 0 fully saturated rings. The summed E-state index contributed by atoms with van der Waals surface area (Å²) in [7, 11) is 4.02. The van der Waals surface area contributed by atoms with E-state index < -0.39 is 0 Å². The smallest absolute Gasteiger partial charge is 0.258 e. The largest absolute Gasteiger partial charge is 0.484 e. The van der Waals surface area contributed by atoms with Gasteiger partial charge in [-0.2, -0.15) is 11.3 Å². The molecule has 1 aromatic carbocycles. The standard InChI is InChI=1S/C17H22N2O2S/c1-13-5-4-6-15(9-13)21-11-17(20)18-10-16(19(2)3)14-7-8-22-12-14/h4-9,12,16H,10-11H2,1-3H3,(H,18,20). The van der Waals surface area contributed by atoms with E-state index in [1.54, 1.807) is 11.3 Å². The fraction of sp³-hybridized carbons (Fsp3) is 0.353. The van der Waals surface area contributed by atoms with Gasteiger partial charge in [-0.1, -0.05) is 12.1 Å². The van der Waals surface area contributed by atoms with Gasteiger partial charge in [0.05, 0.1) is 6.04 Å². The summed E-state index contributed by atoms with van der Waals surface area (Å²) in [6, 6.07) is 9.95. The summed E-state index contributed by atoms with van der Waals surface area (Å²) in [5.74, 6) is 0.612. The van der Waals surface area contributed by atoms with Gasteiger partial charge in [-0.05, 0) is 61.1 Å². The second-order valence-electron chi connectivity index (χ2n) is 5.45. The van der Waals surface area contributed by atoms with E-state index in [0.717, 1.165) is 11.3 Å². The molecule has 0 radical (unpaired) electrons. The van der Waals surface area contributed by atoms with Crippen LogP contribution in [0.25, 0.3) is 0 Å². The van der Waals surface area contributed by atoms with Crippen LogP contribution in [0.4, 0.5) is 0 Å². The molecule has 5 heteroatoms. The number of ether oxygens (including phenoxy) is 1. The Hall–Kier alpha value is -1.85. The Morgan fingerprint density at radius 2 is 2.18 bits per heavy atom. The number of rotatable bonds is 7. The van der Waals surface area contributed by atoms with Gasteiger partial charge in [0.15, 0.2) is 6.61 Å². The first-order valence-corrected chi connectivity index (χ1v) is 8.15. The number of hydrogen-bond acceptors (Lipinski definition) is 4. The second kappa shape index (κ2) is 7.96. The summed E-state index contributed by atoms with van der Waals surface area (Å²) >= 11 is 1.66. The van der Waals surface area contributed by atoms with E-state index in [0.29, 0.717) is 6.54 Å². The molecule has 1 unspecified atom stereocenters. The van der Waals surface area contributed by atoms with E-state index in [1.807, 2.05) is 45.3 Å². The number of likely N-dealkylation sites (N-methyl/N-ethyl adjacent to an activating group) is 1. The summed E-state index contributed by atoms with van der Waals surface area (Å²) in [6.45, 7) is 2.60. The number of thiophene rings is 1. The minimum absolute atomic E-state index is 0.0350. The monoisotopic (exact) mass is 318 g/mol. The molecule has 1 heterocycles. The predicted molar refractivity (Wildman–Crippen MR) is 90.4 cm³/mol. The zero-order valence-electron chi connectivity index (χ0n) is 13.2. The quantitative estimate of drug-likeness (QED) is 0.853. The van der Waals surface area contributed by atoms with Gasteiger partial charge in [-0.15, -0.1) is 0 Å². The molecule has 4 nitrogen and oxygen atoms in total. The van der Waals surface area contributed by atoms with Crippen LogP contribution in [0.5, 0.6) is 5.75 Å². The maximum atomic E-state index is 11.9. The average molecular weight is 318 g/mol. The Morgan fingerprint density at radius 3 is 2.82 bits per heavy atom. The van der Waals surface area contributed by atoms with E-state index in [2.05, 4.69) is 27.0 Å². The number of nitrogens with one attached hydrogen (secondary N) is 1. The van der Waals surface area contributed by atoms with Gasteiger partial charge >= 0.3 is 0 Å². The van der Waals surface area contributed by atoms with Gasteiger partial charge in [-0.3, -0.25) is 4.79 Å². The number of benzene rings is 1. The van der Waals surface area contributed by atoms with Crippen molar-refractivity contribution in [3.8, 4) is 5.75 Å². The molecule has 1 aromatic heterocycles. The van der Waals surface area contributed by atoms with Crippen LogP contribution in [-0.2, 0) is 4.79 Å². The Bertz CT molecular complexity index is 596. The predicted octanol–water partition coefficient (Wildman–Crippen LogP) is 2.85. The number of amides is 1. The highest BCUT2D eigenvalue weighted by atomic mass is 32.1. The summed E-state index contributed by atoms with van der Waals surface area (Å²) in [5.41, 5.74) is 2.33. The van der Waals surface area contributed by atoms with Crippen LogP contribution in [0.2, 0.25) is 0 Å². The summed E-state index contributed by atoms with van der Waals surface area (Å²) < 4.78 is 5.51. The highest BCUT2D eigenvalue weighted by Crippen LogP contribution is 2.20. The minimum Gasteiger partial charge on any atom is -0.484 e. The Balaban J connectivity index is 1.81. The minimum atomic E-state index is -0.108. The molecular weight excluding hydrogens is 296 g/mol. The first-order valence-electron chi connectivity index (χ1n) is 7.21. The molecule has 0 spiro atoms. The molecule has 0 saturated heterocycles. The lowest BCUT2D eigenvalue weighted by molar-refractivity contribution is -0.123. The fourth-order valence-electron chi connectivity index (χ4n) is 2.18. The molecule has 0 aliphatic heterocycles. The lowest BCUT2D eigenvalue weighted by Crippen LogP contribution is -2.36. The molecular formula is C17H22N2O2S. The number of carbonyl (C=O) groups excluding carboxylic acids is 1. The summed E-state index contributed by atoms with van der Waals surface area (Å²) in [6.07, 6.45) is 0. The van der Waals surface area contributed by atoms with Crippen molar-refractivity contribution in [2.24, 2.45) is 0 Å². The SMILES string of the molecule is Cc1cccc(OCC(=O)NCC(c2ccsc2)N(C)C)c1. The van der Waals surface area contributed by atoms with Crippen molar-refractivity contribution in [1.82, 2.24) is 10.2 Å². The molecule has 118 valence electrons. The van der Waals surface area contributed by atoms with E-state index in [1.165, 1.54) is 5.56 Å². The van der Waals surface area contributed by atoms with Gasteiger partial charge in [0.2, 0.25) is 0 Å². The highest BCUT2D eigenvalue weighted by molar-refractivity contribution is 7.07. The third kappa shape index (κ3) is 4.86. The van der Waals surface area contributed by atoms with Crippen LogP contribution in [0.1, 0.15) is 17.2 Å². The van der Waals surface area contributed by atoms with Crippen LogP contribution in [0.3, 0.4) is 0 Å². The van der Waals surface area contributed by atoms with E-state index in [4.69, 9.17) is 4.74 Å². The third-order valence-electron chi connectivity index (χ3n) is 3.40. The molecule has 0 bridgehead atoms. The zero-order valence-corrected chi connectivity index (χ0v) is 14.0. The van der Waals surface area contributed by atoms with Crippen LogP contribution in [0, 0.1) is 6.92 Å². The van der Waals surface area contributed by atoms with Crippen molar-refractivity contribution >= 4 is 17.2 Å². The Morgan fingerprint density at radius 1 is 1.36 bits per heavy atom. The topological polar surface area (TPSA) is 41.6 Å². The van der Waals surface area contributed by atoms with E-state index in [-0.39, 0.29) is 18.6 Å². The van der Waals surface area contributed by atoms with E-state index in [9.17, 15) is 4.79 Å². The van der Waals surface area contributed by atoms with Crippen LogP contribution < -0.4 is 10.1 Å². The molecule has 0 aliphatic rings. The number of nitrogens with zero attached hydrogens (tertiary/aromatic N) is 1. The molecule has 0 saturated carbocycles. The summed E-state index contributed by atoms with van der Waals surface area (Å²) in [5, 5.41) is 7.10. The Kier molecular flexibility index (Phi) is 5.98. The second-order valence-corrected chi connectivity index (χ2v) is 6.23. The fourth-order valence-corrected chi connectivity index (χ4v) is 2.89. The maximum absolute atomic E-state index is 11.9. The first-order chi connectivity index (χ1) is 10.6. The van der Waals surface area contributed by atoms with Gasteiger partial charge < -0.3 is 15.0 Å².